The van der Waals surface area contributed by atoms with Crippen LogP contribution in [0.15, 0.2) is 18.2 Å². The highest BCUT2D eigenvalue weighted by molar-refractivity contribution is 5.37. The zero-order valence-electron chi connectivity index (χ0n) is 13.4. The Morgan fingerprint density at radius 3 is 2.81 bits per heavy atom. The number of nitrogens with zero attached hydrogens (tertiary/aromatic N) is 1. The molecule has 1 fully saturated rings. The number of nitrogens with one attached hydrogen (secondary N) is 1. The quantitative estimate of drug-likeness (QED) is 0.736. The first-order valence-electron chi connectivity index (χ1n) is 7.87. The molecule has 1 saturated carbocycles. The fourth-order valence-corrected chi connectivity index (χ4v) is 2.28. The molecule has 21 heavy (non-hydrogen) atoms. The number of ether oxygens (including phenoxy) is 1. The van der Waals surface area contributed by atoms with Crippen LogP contribution in [0.3, 0.4) is 0 Å². The molecule has 3 nitrogen and oxygen atoms in total. The van der Waals surface area contributed by atoms with Crippen molar-refractivity contribution in [1.82, 2.24) is 5.32 Å². The van der Waals surface area contributed by atoms with Gasteiger partial charge in [0, 0.05) is 18.2 Å². The molecule has 0 heterocycles. The van der Waals surface area contributed by atoms with Gasteiger partial charge in [-0.1, -0.05) is 17.7 Å². The Morgan fingerprint density at radius 1 is 1.38 bits per heavy atom. The van der Waals surface area contributed by atoms with E-state index in [0.717, 1.165) is 25.1 Å². The van der Waals surface area contributed by atoms with Crippen LogP contribution < -0.4 is 10.1 Å². The number of benzene rings is 1. The highest BCUT2D eigenvalue weighted by atomic mass is 16.5. The number of hydrogen-bond donors (Lipinski definition) is 1. The molecule has 3 heteroatoms. The first kappa shape index (κ1) is 15.9. The molecule has 0 bridgehead atoms. The Kier molecular flexibility index (Phi) is 5.25. The van der Waals surface area contributed by atoms with E-state index in [0.29, 0.717) is 12.6 Å². The maximum absolute atomic E-state index is 9.01. The summed E-state index contributed by atoms with van der Waals surface area (Å²) >= 11 is 0. The summed E-state index contributed by atoms with van der Waals surface area (Å²) in [6.07, 6.45) is 4.37. The summed E-state index contributed by atoms with van der Waals surface area (Å²) in [5.74, 6) is 0.975. The van der Waals surface area contributed by atoms with Crippen LogP contribution in [0.4, 0.5) is 0 Å². The molecular formula is C18H26N2O. The third-order valence-corrected chi connectivity index (χ3v) is 3.88. The zero-order valence-corrected chi connectivity index (χ0v) is 13.4. The normalized spacial score (nSPS) is 14.8. The molecule has 1 aliphatic carbocycles. The maximum atomic E-state index is 9.01. The van der Waals surface area contributed by atoms with Crippen molar-refractivity contribution in [3.8, 4) is 11.8 Å². The third-order valence-electron chi connectivity index (χ3n) is 3.88. The lowest BCUT2D eigenvalue weighted by atomic mass is 9.90. The lowest BCUT2D eigenvalue weighted by Gasteiger charge is -2.16. The smallest absolute Gasteiger partial charge is 0.123 e. The van der Waals surface area contributed by atoms with Gasteiger partial charge < -0.3 is 10.1 Å². The highest BCUT2D eigenvalue weighted by Crippen LogP contribution is 2.25. The summed E-state index contributed by atoms with van der Waals surface area (Å²) in [6.45, 7) is 7.61. The van der Waals surface area contributed by atoms with Gasteiger partial charge in [-0.25, -0.2) is 0 Å². The average Bonchev–Trinajstić information content (AvgIpc) is 3.27. The molecule has 0 aliphatic heterocycles. The van der Waals surface area contributed by atoms with E-state index >= 15 is 0 Å². The van der Waals surface area contributed by atoms with Crippen LogP contribution >= 0.6 is 0 Å². The number of hydrogen-bond acceptors (Lipinski definition) is 3. The van der Waals surface area contributed by atoms with Crippen molar-refractivity contribution in [1.29, 1.82) is 5.26 Å². The van der Waals surface area contributed by atoms with Crippen molar-refractivity contribution in [3.63, 3.8) is 0 Å². The van der Waals surface area contributed by atoms with Gasteiger partial charge in [-0.05, 0) is 52.5 Å². The largest absolute Gasteiger partial charge is 0.493 e. The first-order valence-corrected chi connectivity index (χ1v) is 7.87. The van der Waals surface area contributed by atoms with Crippen molar-refractivity contribution < 1.29 is 4.74 Å². The topological polar surface area (TPSA) is 45.0 Å². The molecule has 0 atom stereocenters. The molecule has 1 N–H and O–H groups in total. The first-order chi connectivity index (χ1) is 10.00. The lowest BCUT2D eigenvalue weighted by molar-refractivity contribution is 0.281. The van der Waals surface area contributed by atoms with E-state index < -0.39 is 0 Å². The van der Waals surface area contributed by atoms with Gasteiger partial charge in [-0.3, -0.25) is 0 Å². The van der Waals surface area contributed by atoms with Crippen molar-refractivity contribution in [3.05, 3.63) is 29.3 Å². The molecule has 1 aromatic rings. The highest BCUT2D eigenvalue weighted by Gasteiger charge is 2.20. The predicted molar refractivity (Wildman–Crippen MR) is 85.2 cm³/mol. The second-order valence-electron chi connectivity index (χ2n) is 6.71. The minimum atomic E-state index is -0.257. The monoisotopic (exact) mass is 286 g/mol. The van der Waals surface area contributed by atoms with Crippen molar-refractivity contribution >= 4 is 0 Å². The second kappa shape index (κ2) is 6.95. The van der Waals surface area contributed by atoms with E-state index in [2.05, 4.69) is 36.5 Å². The van der Waals surface area contributed by atoms with Crippen molar-refractivity contribution in [2.75, 3.05) is 6.61 Å². The number of aryl methyl sites for hydroxylation is 1. The summed E-state index contributed by atoms with van der Waals surface area (Å²) in [5.41, 5.74) is 2.24. The number of nitriles is 1. The Hall–Kier alpha value is -1.53. The molecule has 1 aliphatic rings. The third kappa shape index (κ3) is 5.40. The Balaban J connectivity index is 1.85. The molecule has 1 aromatic carbocycles. The molecule has 0 radical (unpaired) electrons. The fourth-order valence-electron chi connectivity index (χ4n) is 2.28. The van der Waals surface area contributed by atoms with Crippen LogP contribution in [0.5, 0.6) is 5.75 Å². The van der Waals surface area contributed by atoms with Crippen molar-refractivity contribution in [2.45, 2.75) is 59.0 Å². The van der Waals surface area contributed by atoms with Crippen molar-refractivity contribution in [2.24, 2.45) is 5.41 Å². The SMILES string of the molecule is Cc1ccc(OCCCC(C)(C)C#N)c(CNC2CC2)c1. The Labute approximate surface area is 128 Å². The molecule has 0 amide bonds. The lowest BCUT2D eigenvalue weighted by Crippen LogP contribution is -2.16. The van der Waals surface area contributed by atoms with Gasteiger partial charge in [0.05, 0.1) is 18.1 Å². The van der Waals surface area contributed by atoms with E-state index in [4.69, 9.17) is 10.00 Å². The van der Waals surface area contributed by atoms with Gasteiger partial charge in [-0.2, -0.15) is 5.26 Å². The average molecular weight is 286 g/mol. The summed E-state index contributed by atoms with van der Waals surface area (Å²) in [5, 5.41) is 12.6. The summed E-state index contributed by atoms with van der Waals surface area (Å²) < 4.78 is 5.94. The summed E-state index contributed by atoms with van der Waals surface area (Å²) in [7, 11) is 0. The van der Waals surface area contributed by atoms with Crippen LogP contribution in [0.25, 0.3) is 0 Å². The standard InChI is InChI=1S/C18H26N2O/c1-14-5-8-17(15(11-14)12-20-16-6-7-16)21-10-4-9-18(2,3)13-19/h5,8,11,16,20H,4,6-7,9-10,12H2,1-3H3. The second-order valence-corrected chi connectivity index (χ2v) is 6.71. The summed E-state index contributed by atoms with van der Waals surface area (Å²) in [4.78, 5) is 0. The summed E-state index contributed by atoms with van der Waals surface area (Å²) in [6, 6.07) is 9.39. The molecule has 0 aromatic heterocycles. The maximum Gasteiger partial charge on any atom is 0.123 e. The van der Waals surface area contributed by atoms with Crippen LogP contribution in [0.1, 0.15) is 50.7 Å². The Morgan fingerprint density at radius 2 is 2.14 bits per heavy atom. The van der Waals surface area contributed by atoms with Gasteiger partial charge >= 0.3 is 0 Å². The van der Waals surface area contributed by atoms with Gasteiger partial charge in [-0.15, -0.1) is 0 Å². The molecule has 114 valence electrons. The van der Waals surface area contributed by atoms with E-state index in [1.165, 1.54) is 24.0 Å². The predicted octanol–water partition coefficient (Wildman–Crippen LogP) is 3.96. The fraction of sp³-hybridized carbons (Fsp3) is 0.611. The van der Waals surface area contributed by atoms with Crippen LogP contribution in [-0.2, 0) is 6.54 Å². The van der Waals surface area contributed by atoms with Gasteiger partial charge in [0.1, 0.15) is 5.75 Å². The zero-order chi connectivity index (χ0) is 15.3. The van der Waals surface area contributed by atoms with Crippen LogP contribution in [0.2, 0.25) is 0 Å². The number of rotatable bonds is 8. The van der Waals surface area contributed by atoms with Crippen LogP contribution in [-0.4, -0.2) is 12.6 Å². The minimum Gasteiger partial charge on any atom is -0.493 e. The molecule has 0 spiro atoms. The van der Waals surface area contributed by atoms with E-state index in [9.17, 15) is 0 Å². The molecule has 2 rings (SSSR count). The van der Waals surface area contributed by atoms with E-state index in [1.54, 1.807) is 0 Å². The van der Waals surface area contributed by atoms with Crippen LogP contribution in [0, 0.1) is 23.7 Å². The molecule has 0 saturated heterocycles. The van der Waals surface area contributed by atoms with Gasteiger partial charge in [0.25, 0.3) is 0 Å². The van der Waals surface area contributed by atoms with E-state index in [1.807, 2.05) is 13.8 Å². The molecular weight excluding hydrogens is 260 g/mol. The van der Waals surface area contributed by atoms with E-state index in [-0.39, 0.29) is 5.41 Å². The van der Waals surface area contributed by atoms with Gasteiger partial charge in [0.15, 0.2) is 0 Å². The Bertz CT molecular complexity index is 512. The minimum absolute atomic E-state index is 0.257. The molecule has 0 unspecified atom stereocenters. The van der Waals surface area contributed by atoms with Gasteiger partial charge in [0.2, 0.25) is 0 Å².